The average Bonchev–Trinajstić information content (AvgIpc) is 2.92. The molecule has 0 N–H and O–H groups in total. The Hall–Kier alpha value is -3.70. The summed E-state index contributed by atoms with van der Waals surface area (Å²) in [5.74, 6) is 1.54. The normalized spacial score (nSPS) is 15.7. The van der Waals surface area contributed by atoms with Crippen LogP contribution in [0.25, 0.3) is 11.6 Å². The van der Waals surface area contributed by atoms with Crippen LogP contribution in [0.3, 0.4) is 0 Å². The number of aromatic nitrogens is 2. The van der Waals surface area contributed by atoms with Crippen molar-refractivity contribution in [2.45, 2.75) is 27.2 Å². The second kappa shape index (κ2) is 14.0. The second-order valence-electron chi connectivity index (χ2n) is 8.60. The number of anilines is 2. The van der Waals surface area contributed by atoms with Gasteiger partial charge in [0.05, 0.1) is 18.9 Å². The van der Waals surface area contributed by atoms with E-state index in [4.69, 9.17) is 14.7 Å². The van der Waals surface area contributed by atoms with Gasteiger partial charge < -0.3 is 14.5 Å². The summed E-state index contributed by atoms with van der Waals surface area (Å²) in [4.78, 5) is 14.1. The molecule has 0 bridgehead atoms. The lowest BCUT2D eigenvalue weighted by atomic mass is 10.0. The highest BCUT2D eigenvalue weighted by atomic mass is 16.5. The van der Waals surface area contributed by atoms with E-state index in [2.05, 4.69) is 80.0 Å². The van der Waals surface area contributed by atoms with E-state index in [1.54, 1.807) is 0 Å². The van der Waals surface area contributed by atoms with Crippen LogP contribution < -0.4 is 9.80 Å². The van der Waals surface area contributed by atoms with Crippen molar-refractivity contribution in [3.05, 3.63) is 108 Å². The van der Waals surface area contributed by atoms with Crippen LogP contribution >= 0.6 is 0 Å². The van der Waals surface area contributed by atoms with Crippen molar-refractivity contribution in [2.75, 3.05) is 43.2 Å². The SMILES string of the molecule is C=C/C(=C\N(C)c1nc(/C=C(C)/C(/C=C\C)=C/C=C/CC)cc(N2CCOCC2)n1)c1ccccc1. The van der Waals surface area contributed by atoms with Crippen molar-refractivity contribution in [3.8, 4) is 0 Å². The maximum Gasteiger partial charge on any atom is 0.231 e. The van der Waals surface area contributed by atoms with Crippen LogP contribution in [-0.2, 0) is 4.74 Å². The van der Waals surface area contributed by atoms with Crippen LogP contribution in [0.2, 0.25) is 0 Å². The van der Waals surface area contributed by atoms with Crippen LogP contribution in [0.5, 0.6) is 0 Å². The molecule has 0 unspecified atom stereocenters. The van der Waals surface area contributed by atoms with Crippen LogP contribution in [0.1, 0.15) is 38.4 Å². The molecule has 1 saturated heterocycles. The Kier molecular flexibility index (Phi) is 10.5. The van der Waals surface area contributed by atoms with Crippen LogP contribution in [0.4, 0.5) is 11.8 Å². The molecule has 0 spiro atoms. The third-order valence-corrected chi connectivity index (χ3v) is 5.84. The molecular weight excluding hydrogens is 444 g/mol. The molecule has 188 valence electrons. The highest BCUT2D eigenvalue weighted by Gasteiger charge is 2.16. The Labute approximate surface area is 216 Å². The standard InChI is InChI=1S/C31H38N4O/c1-6-9-11-15-27(14-7-2)25(4)22-29-23-30(35-18-20-36-21-19-35)33-31(32-29)34(5)24-26(8-3)28-16-12-10-13-17-28/h7-17,22-24H,3,6,18-21H2,1-2,4-5H3/b11-9+,14-7-,25-22+,26-24+,27-15+. The van der Waals surface area contributed by atoms with E-state index in [1.165, 1.54) is 0 Å². The van der Waals surface area contributed by atoms with Gasteiger partial charge >= 0.3 is 0 Å². The predicted octanol–water partition coefficient (Wildman–Crippen LogP) is 6.85. The Bertz CT molecular complexity index is 1150. The van der Waals surface area contributed by atoms with E-state index >= 15 is 0 Å². The molecule has 5 nitrogen and oxygen atoms in total. The first kappa shape index (κ1) is 26.9. The minimum atomic E-state index is 0.635. The number of allylic oxidation sites excluding steroid dienone is 9. The molecule has 1 aromatic heterocycles. The lowest BCUT2D eigenvalue weighted by molar-refractivity contribution is 0.122. The zero-order valence-corrected chi connectivity index (χ0v) is 22.0. The van der Waals surface area contributed by atoms with Crippen LogP contribution in [-0.4, -0.2) is 43.3 Å². The molecule has 3 rings (SSSR count). The van der Waals surface area contributed by atoms with Gasteiger partial charge in [-0.1, -0.05) is 80.3 Å². The summed E-state index contributed by atoms with van der Waals surface area (Å²) in [6.07, 6.45) is 17.6. The van der Waals surface area contributed by atoms with Gasteiger partial charge in [0.25, 0.3) is 0 Å². The first-order chi connectivity index (χ1) is 17.5. The van der Waals surface area contributed by atoms with E-state index in [0.717, 1.165) is 53.3 Å². The molecule has 0 amide bonds. The average molecular weight is 483 g/mol. The second-order valence-corrected chi connectivity index (χ2v) is 8.60. The van der Waals surface area contributed by atoms with Crippen LogP contribution in [0.15, 0.2) is 96.8 Å². The number of hydrogen-bond donors (Lipinski definition) is 0. The lowest BCUT2D eigenvalue weighted by Gasteiger charge is -2.28. The van der Waals surface area contributed by atoms with Crippen molar-refractivity contribution in [2.24, 2.45) is 0 Å². The number of benzene rings is 1. The maximum absolute atomic E-state index is 5.57. The van der Waals surface area contributed by atoms with Gasteiger partial charge in [-0.3, -0.25) is 0 Å². The summed E-state index contributed by atoms with van der Waals surface area (Å²) in [6.45, 7) is 13.3. The van der Waals surface area contributed by atoms with E-state index < -0.39 is 0 Å². The molecule has 2 heterocycles. The van der Waals surface area contributed by atoms with Crippen molar-refractivity contribution in [1.82, 2.24) is 9.97 Å². The van der Waals surface area contributed by atoms with E-state index in [9.17, 15) is 0 Å². The number of morpholine rings is 1. The van der Waals surface area contributed by atoms with E-state index in [1.807, 2.05) is 49.3 Å². The maximum atomic E-state index is 5.57. The van der Waals surface area contributed by atoms with Crippen molar-refractivity contribution in [3.63, 3.8) is 0 Å². The predicted molar refractivity (Wildman–Crippen MR) is 154 cm³/mol. The number of nitrogens with zero attached hydrogens (tertiary/aromatic N) is 4. The third-order valence-electron chi connectivity index (χ3n) is 5.84. The summed E-state index contributed by atoms with van der Waals surface area (Å²) in [6, 6.07) is 12.3. The molecule has 0 atom stereocenters. The van der Waals surface area contributed by atoms with Crippen molar-refractivity contribution < 1.29 is 4.74 Å². The molecule has 0 radical (unpaired) electrons. The lowest BCUT2D eigenvalue weighted by Crippen LogP contribution is -2.37. The molecule has 5 heteroatoms. The molecule has 36 heavy (non-hydrogen) atoms. The number of rotatable bonds is 10. The van der Waals surface area contributed by atoms with Gasteiger partial charge in [-0.15, -0.1) is 0 Å². The first-order valence-corrected chi connectivity index (χ1v) is 12.6. The third kappa shape index (κ3) is 7.65. The van der Waals surface area contributed by atoms with Gasteiger partial charge in [-0.2, -0.15) is 4.98 Å². The van der Waals surface area contributed by atoms with Gasteiger partial charge in [0.2, 0.25) is 5.95 Å². The van der Waals surface area contributed by atoms with Crippen molar-refractivity contribution in [1.29, 1.82) is 0 Å². The summed E-state index contributed by atoms with van der Waals surface area (Å²) in [5, 5.41) is 0. The fourth-order valence-corrected chi connectivity index (χ4v) is 3.88. The van der Waals surface area contributed by atoms with Gasteiger partial charge in [0, 0.05) is 32.4 Å². The molecule has 1 aromatic carbocycles. The highest BCUT2D eigenvalue weighted by molar-refractivity contribution is 5.75. The fraction of sp³-hybridized carbons (Fsp3) is 0.290. The Morgan fingerprint density at radius 2 is 1.92 bits per heavy atom. The number of ether oxygens (including phenoxy) is 1. The summed E-state index contributed by atoms with van der Waals surface area (Å²) in [7, 11) is 1.98. The molecule has 1 aliphatic heterocycles. The summed E-state index contributed by atoms with van der Waals surface area (Å²) < 4.78 is 5.57. The first-order valence-electron chi connectivity index (χ1n) is 12.6. The fourth-order valence-electron chi connectivity index (χ4n) is 3.88. The summed E-state index contributed by atoms with van der Waals surface area (Å²) in [5.41, 5.74) is 5.27. The molecule has 0 saturated carbocycles. The Morgan fingerprint density at radius 1 is 1.17 bits per heavy atom. The highest BCUT2D eigenvalue weighted by Crippen LogP contribution is 2.24. The molecule has 1 fully saturated rings. The minimum absolute atomic E-state index is 0.635. The zero-order chi connectivity index (χ0) is 25.8. The van der Waals surface area contributed by atoms with Crippen molar-refractivity contribution >= 4 is 23.4 Å². The van der Waals surface area contributed by atoms with E-state index in [-0.39, 0.29) is 0 Å². The van der Waals surface area contributed by atoms with Gasteiger partial charge in [-0.05, 0) is 48.6 Å². The monoisotopic (exact) mass is 482 g/mol. The van der Waals surface area contributed by atoms with E-state index in [0.29, 0.717) is 19.2 Å². The zero-order valence-electron chi connectivity index (χ0n) is 22.0. The Morgan fingerprint density at radius 3 is 2.58 bits per heavy atom. The van der Waals surface area contributed by atoms with Gasteiger partial charge in [-0.25, -0.2) is 4.98 Å². The van der Waals surface area contributed by atoms with Crippen LogP contribution in [0, 0.1) is 0 Å². The van der Waals surface area contributed by atoms with Gasteiger partial charge in [0.15, 0.2) is 0 Å². The number of hydrogen-bond acceptors (Lipinski definition) is 5. The minimum Gasteiger partial charge on any atom is -0.378 e. The molecule has 0 aliphatic carbocycles. The molecule has 1 aliphatic rings. The molecular formula is C31H38N4O. The smallest absolute Gasteiger partial charge is 0.231 e. The largest absolute Gasteiger partial charge is 0.378 e. The molecule has 2 aromatic rings. The quantitative estimate of drug-likeness (QED) is 0.347. The Balaban J connectivity index is 2.04. The topological polar surface area (TPSA) is 41.5 Å². The summed E-state index contributed by atoms with van der Waals surface area (Å²) >= 11 is 0. The van der Waals surface area contributed by atoms with Gasteiger partial charge in [0.1, 0.15) is 5.82 Å².